The van der Waals surface area contributed by atoms with Gasteiger partial charge in [-0.3, -0.25) is 0 Å². The molecule has 0 aliphatic carbocycles. The summed E-state index contributed by atoms with van der Waals surface area (Å²) in [5.74, 6) is 1.29. The number of hydrogen-bond acceptors (Lipinski definition) is 2. The normalized spacial score (nSPS) is 14.6. The maximum atomic E-state index is 11.4. The third-order valence-corrected chi connectivity index (χ3v) is 3.79. The van der Waals surface area contributed by atoms with Crippen molar-refractivity contribution in [1.29, 1.82) is 0 Å². The molecule has 0 aliphatic heterocycles. The van der Waals surface area contributed by atoms with Crippen molar-refractivity contribution in [2.75, 3.05) is 18.2 Å². The Morgan fingerprint density at radius 2 is 1.86 bits per heavy atom. The molecule has 0 saturated heterocycles. The van der Waals surface area contributed by atoms with Gasteiger partial charge in [0.15, 0.2) is 0 Å². The lowest BCUT2D eigenvalue weighted by Gasteiger charge is -2.10. The monoisotopic (exact) mass is 241 g/mol. The molecule has 0 bridgehead atoms. The predicted octanol–water partition coefficient (Wildman–Crippen LogP) is 1.83. The van der Waals surface area contributed by atoms with Crippen LogP contribution in [-0.4, -0.2) is 26.6 Å². The summed E-state index contributed by atoms with van der Waals surface area (Å²) >= 11 is 5.57. The van der Waals surface area contributed by atoms with Gasteiger partial charge in [0.25, 0.3) is 0 Å². The second kappa shape index (κ2) is 6.64. The van der Waals surface area contributed by atoms with Crippen molar-refractivity contribution in [1.82, 2.24) is 4.72 Å². The molecular weight excluding hydrogens is 222 g/mol. The SMILES string of the molecule is CC(C)CCS(=O)(=O)NCC(C)CCl. The maximum Gasteiger partial charge on any atom is 0.211 e. The molecule has 14 heavy (non-hydrogen) atoms. The molecule has 1 atom stereocenters. The van der Waals surface area contributed by atoms with Crippen LogP contribution >= 0.6 is 11.6 Å². The molecule has 0 saturated carbocycles. The van der Waals surface area contributed by atoms with Crippen LogP contribution in [0.4, 0.5) is 0 Å². The van der Waals surface area contributed by atoms with Crippen LogP contribution in [0, 0.1) is 11.8 Å². The Morgan fingerprint density at radius 1 is 1.29 bits per heavy atom. The lowest BCUT2D eigenvalue weighted by Crippen LogP contribution is -2.31. The van der Waals surface area contributed by atoms with Crippen molar-refractivity contribution in [2.24, 2.45) is 11.8 Å². The van der Waals surface area contributed by atoms with Gasteiger partial charge < -0.3 is 0 Å². The molecule has 0 radical (unpaired) electrons. The topological polar surface area (TPSA) is 46.2 Å². The van der Waals surface area contributed by atoms with Crippen molar-refractivity contribution in [3.05, 3.63) is 0 Å². The van der Waals surface area contributed by atoms with Crippen molar-refractivity contribution >= 4 is 21.6 Å². The number of alkyl halides is 1. The fourth-order valence-electron chi connectivity index (χ4n) is 0.787. The van der Waals surface area contributed by atoms with E-state index in [-0.39, 0.29) is 11.7 Å². The van der Waals surface area contributed by atoms with Crippen molar-refractivity contribution in [3.63, 3.8) is 0 Å². The number of hydrogen-bond donors (Lipinski definition) is 1. The highest BCUT2D eigenvalue weighted by Crippen LogP contribution is 2.03. The Morgan fingerprint density at radius 3 is 2.29 bits per heavy atom. The second-order valence-electron chi connectivity index (χ2n) is 4.11. The standard InChI is InChI=1S/C9H20ClNO2S/c1-8(2)4-5-14(12,13)11-7-9(3)6-10/h8-9,11H,4-7H2,1-3H3. The molecule has 0 aromatic carbocycles. The molecule has 0 aromatic heterocycles. The van der Waals surface area contributed by atoms with Crippen LogP contribution in [0.25, 0.3) is 0 Å². The van der Waals surface area contributed by atoms with Crippen molar-refractivity contribution < 1.29 is 8.42 Å². The van der Waals surface area contributed by atoms with Crippen molar-refractivity contribution in [2.45, 2.75) is 27.2 Å². The molecule has 86 valence electrons. The molecule has 3 nitrogen and oxygen atoms in total. The smallest absolute Gasteiger partial charge is 0.211 e. The van der Waals surface area contributed by atoms with Crippen LogP contribution in [0.2, 0.25) is 0 Å². The zero-order valence-corrected chi connectivity index (χ0v) is 10.7. The Kier molecular flexibility index (Phi) is 6.74. The van der Waals surface area contributed by atoms with Crippen LogP contribution in [0.15, 0.2) is 0 Å². The minimum absolute atomic E-state index is 0.186. The minimum Gasteiger partial charge on any atom is -0.215 e. The van der Waals surface area contributed by atoms with Gasteiger partial charge in [0.05, 0.1) is 5.75 Å². The molecule has 0 aromatic rings. The first-order valence-corrected chi connectivity index (χ1v) is 7.09. The molecule has 0 fully saturated rings. The molecule has 0 heterocycles. The average Bonchev–Trinajstić information content (AvgIpc) is 2.11. The summed E-state index contributed by atoms with van der Waals surface area (Å²) in [6.45, 7) is 6.37. The van der Waals surface area contributed by atoms with Gasteiger partial charge in [0.2, 0.25) is 10.0 Å². The molecule has 1 unspecified atom stereocenters. The molecule has 0 amide bonds. The van der Waals surface area contributed by atoms with E-state index in [9.17, 15) is 8.42 Å². The number of halogens is 1. The van der Waals surface area contributed by atoms with E-state index in [1.807, 2.05) is 20.8 Å². The summed E-state index contributed by atoms with van der Waals surface area (Å²) < 4.78 is 25.4. The highest BCUT2D eigenvalue weighted by molar-refractivity contribution is 7.89. The summed E-state index contributed by atoms with van der Waals surface area (Å²) in [5.41, 5.74) is 0. The van der Waals surface area contributed by atoms with Crippen LogP contribution in [0.3, 0.4) is 0 Å². The lowest BCUT2D eigenvalue weighted by atomic mass is 10.2. The van der Waals surface area contributed by atoms with E-state index in [1.54, 1.807) is 0 Å². The van der Waals surface area contributed by atoms with E-state index in [4.69, 9.17) is 11.6 Å². The van der Waals surface area contributed by atoms with Crippen LogP contribution in [0.1, 0.15) is 27.2 Å². The molecule has 0 aliphatic rings. The summed E-state index contributed by atoms with van der Waals surface area (Å²) in [7, 11) is -3.09. The molecule has 5 heteroatoms. The third-order valence-electron chi connectivity index (χ3n) is 1.88. The van der Waals surface area contributed by atoms with Gasteiger partial charge >= 0.3 is 0 Å². The van der Waals surface area contributed by atoms with Gasteiger partial charge in [-0.2, -0.15) is 0 Å². The maximum absolute atomic E-state index is 11.4. The summed E-state index contributed by atoms with van der Waals surface area (Å²) in [6, 6.07) is 0. The largest absolute Gasteiger partial charge is 0.215 e. The van der Waals surface area contributed by atoms with Crippen LogP contribution in [-0.2, 0) is 10.0 Å². The Hall–Kier alpha value is 0.200. The van der Waals surface area contributed by atoms with E-state index in [1.165, 1.54) is 0 Å². The first kappa shape index (κ1) is 14.2. The van der Waals surface area contributed by atoms with Gasteiger partial charge in [0, 0.05) is 12.4 Å². The molecule has 0 spiro atoms. The first-order valence-electron chi connectivity index (χ1n) is 4.90. The zero-order chi connectivity index (χ0) is 11.2. The molecule has 1 N–H and O–H groups in total. The van der Waals surface area contributed by atoms with E-state index in [2.05, 4.69) is 4.72 Å². The van der Waals surface area contributed by atoms with Gasteiger partial charge in [-0.05, 0) is 18.3 Å². The fraction of sp³-hybridized carbons (Fsp3) is 1.00. The summed E-state index contributed by atoms with van der Waals surface area (Å²) in [6.07, 6.45) is 0.699. The number of rotatable bonds is 7. The average molecular weight is 242 g/mol. The van der Waals surface area contributed by atoms with Gasteiger partial charge in [-0.25, -0.2) is 13.1 Å². The first-order chi connectivity index (χ1) is 6.37. The van der Waals surface area contributed by atoms with Gasteiger partial charge in [-0.1, -0.05) is 20.8 Å². The Bertz CT molecular complexity index is 239. The molecule has 0 rings (SSSR count). The van der Waals surface area contributed by atoms with E-state index >= 15 is 0 Å². The van der Waals surface area contributed by atoms with E-state index in [0.717, 1.165) is 0 Å². The zero-order valence-electron chi connectivity index (χ0n) is 9.09. The van der Waals surface area contributed by atoms with Crippen LogP contribution in [0.5, 0.6) is 0 Å². The van der Waals surface area contributed by atoms with Crippen molar-refractivity contribution in [3.8, 4) is 0 Å². The molecular formula is C9H20ClNO2S. The lowest BCUT2D eigenvalue weighted by molar-refractivity contribution is 0.547. The highest BCUT2D eigenvalue weighted by atomic mass is 35.5. The van der Waals surface area contributed by atoms with Crippen LogP contribution < -0.4 is 4.72 Å². The quantitative estimate of drug-likeness (QED) is 0.692. The predicted molar refractivity (Wildman–Crippen MR) is 61.1 cm³/mol. The third kappa shape index (κ3) is 7.59. The highest BCUT2D eigenvalue weighted by Gasteiger charge is 2.12. The number of nitrogens with one attached hydrogen (secondary N) is 1. The van der Waals surface area contributed by atoms with Gasteiger partial charge in [-0.15, -0.1) is 11.6 Å². The Labute approximate surface area is 92.3 Å². The number of sulfonamides is 1. The Balaban J connectivity index is 3.84. The summed E-state index contributed by atoms with van der Waals surface area (Å²) in [4.78, 5) is 0. The summed E-state index contributed by atoms with van der Waals surface area (Å²) in [5, 5.41) is 0. The fourth-order valence-corrected chi connectivity index (χ4v) is 2.36. The van der Waals surface area contributed by atoms with Gasteiger partial charge in [0.1, 0.15) is 0 Å². The minimum atomic E-state index is -3.09. The van der Waals surface area contributed by atoms with E-state index < -0.39 is 10.0 Å². The van der Waals surface area contributed by atoms with E-state index in [0.29, 0.717) is 24.8 Å². The second-order valence-corrected chi connectivity index (χ2v) is 6.34.